The topological polar surface area (TPSA) is 35.2 Å². The van der Waals surface area contributed by atoms with Crippen molar-refractivity contribution >= 4 is 0 Å². The third-order valence-electron chi connectivity index (χ3n) is 2.92. The Morgan fingerprint density at radius 1 is 1.26 bits per heavy atom. The Labute approximate surface area is 111 Å². The van der Waals surface area contributed by atoms with Gasteiger partial charge in [-0.25, -0.2) is 0 Å². The van der Waals surface area contributed by atoms with Crippen molar-refractivity contribution in [1.82, 2.24) is 0 Å². The fourth-order valence-electron chi connectivity index (χ4n) is 1.88. The zero-order valence-electron chi connectivity index (χ0n) is 11.3. The van der Waals surface area contributed by atoms with Crippen LogP contribution in [-0.2, 0) is 10.9 Å². The molecule has 0 bridgehead atoms. The van der Waals surface area contributed by atoms with Crippen LogP contribution in [0.3, 0.4) is 0 Å². The van der Waals surface area contributed by atoms with Crippen molar-refractivity contribution in [1.29, 1.82) is 0 Å². The Morgan fingerprint density at radius 2 is 1.95 bits per heavy atom. The SMILES string of the molecule is CCCOCCC(N)c1ccc(C(F)(F)F)cc1C. The molecule has 0 aliphatic rings. The molecule has 0 aliphatic heterocycles. The highest BCUT2D eigenvalue weighted by molar-refractivity contribution is 5.34. The van der Waals surface area contributed by atoms with Crippen LogP contribution >= 0.6 is 0 Å². The summed E-state index contributed by atoms with van der Waals surface area (Å²) in [6, 6.07) is 3.39. The number of alkyl halides is 3. The summed E-state index contributed by atoms with van der Waals surface area (Å²) < 4.78 is 42.9. The van der Waals surface area contributed by atoms with E-state index in [0.717, 1.165) is 24.1 Å². The van der Waals surface area contributed by atoms with Gasteiger partial charge in [-0.2, -0.15) is 13.2 Å². The van der Waals surface area contributed by atoms with Crippen LogP contribution in [0.25, 0.3) is 0 Å². The predicted molar refractivity (Wildman–Crippen MR) is 68.8 cm³/mol. The van der Waals surface area contributed by atoms with Gasteiger partial charge in [0.2, 0.25) is 0 Å². The lowest BCUT2D eigenvalue weighted by atomic mass is 9.97. The van der Waals surface area contributed by atoms with Crippen LogP contribution in [0, 0.1) is 6.92 Å². The lowest BCUT2D eigenvalue weighted by molar-refractivity contribution is -0.137. The Hall–Kier alpha value is -1.07. The second-order valence-corrected chi connectivity index (χ2v) is 4.58. The quantitative estimate of drug-likeness (QED) is 0.801. The van der Waals surface area contributed by atoms with Gasteiger partial charge in [-0.05, 0) is 43.0 Å². The summed E-state index contributed by atoms with van der Waals surface area (Å²) in [7, 11) is 0. The third kappa shape index (κ3) is 4.84. The van der Waals surface area contributed by atoms with Crippen LogP contribution in [-0.4, -0.2) is 13.2 Å². The van der Waals surface area contributed by atoms with E-state index in [4.69, 9.17) is 10.5 Å². The Balaban J connectivity index is 2.68. The highest BCUT2D eigenvalue weighted by Gasteiger charge is 2.30. The first kappa shape index (κ1) is 16.0. The first-order valence-electron chi connectivity index (χ1n) is 6.37. The first-order valence-corrected chi connectivity index (χ1v) is 6.37. The van der Waals surface area contributed by atoms with E-state index in [1.807, 2.05) is 6.92 Å². The third-order valence-corrected chi connectivity index (χ3v) is 2.92. The number of rotatable bonds is 6. The van der Waals surface area contributed by atoms with Gasteiger partial charge in [0.1, 0.15) is 0 Å². The van der Waals surface area contributed by atoms with Gasteiger partial charge >= 0.3 is 6.18 Å². The zero-order valence-corrected chi connectivity index (χ0v) is 11.3. The summed E-state index contributed by atoms with van der Waals surface area (Å²) in [6.07, 6.45) is -2.77. The van der Waals surface area contributed by atoms with Crippen LogP contribution in [0.15, 0.2) is 18.2 Å². The average molecular weight is 275 g/mol. The Kier molecular flexibility index (Phi) is 5.82. The molecule has 19 heavy (non-hydrogen) atoms. The minimum absolute atomic E-state index is 0.292. The fourth-order valence-corrected chi connectivity index (χ4v) is 1.88. The molecule has 2 nitrogen and oxygen atoms in total. The summed E-state index contributed by atoms with van der Waals surface area (Å²) in [5.41, 5.74) is 6.65. The van der Waals surface area contributed by atoms with Crippen LogP contribution in [0.4, 0.5) is 13.2 Å². The van der Waals surface area contributed by atoms with E-state index >= 15 is 0 Å². The maximum Gasteiger partial charge on any atom is 0.416 e. The highest BCUT2D eigenvalue weighted by Crippen LogP contribution is 2.31. The maximum atomic E-state index is 12.5. The van der Waals surface area contributed by atoms with Crippen LogP contribution < -0.4 is 5.73 Å². The molecule has 0 amide bonds. The molecule has 0 fully saturated rings. The summed E-state index contributed by atoms with van der Waals surface area (Å²) in [5, 5.41) is 0. The second-order valence-electron chi connectivity index (χ2n) is 4.58. The molecule has 1 rings (SSSR count). The molecule has 0 saturated heterocycles. The van der Waals surface area contributed by atoms with Crippen molar-refractivity contribution in [2.45, 2.75) is 38.9 Å². The van der Waals surface area contributed by atoms with Crippen LogP contribution in [0.5, 0.6) is 0 Å². The molecule has 1 unspecified atom stereocenters. The Morgan fingerprint density at radius 3 is 2.47 bits per heavy atom. The lowest BCUT2D eigenvalue weighted by Crippen LogP contribution is -2.15. The number of hydrogen-bond donors (Lipinski definition) is 1. The van der Waals surface area contributed by atoms with Crippen molar-refractivity contribution in [2.75, 3.05) is 13.2 Å². The molecular weight excluding hydrogens is 255 g/mol. The van der Waals surface area contributed by atoms with Gasteiger partial charge in [0.15, 0.2) is 0 Å². The van der Waals surface area contributed by atoms with Crippen LogP contribution in [0.2, 0.25) is 0 Å². The van der Waals surface area contributed by atoms with Crippen molar-refractivity contribution in [2.24, 2.45) is 5.73 Å². The van der Waals surface area contributed by atoms with E-state index < -0.39 is 11.7 Å². The van der Waals surface area contributed by atoms with Gasteiger partial charge in [-0.3, -0.25) is 0 Å². The van der Waals surface area contributed by atoms with E-state index in [-0.39, 0.29) is 6.04 Å². The molecule has 0 radical (unpaired) electrons. The van der Waals surface area contributed by atoms with Gasteiger partial charge in [-0.1, -0.05) is 13.0 Å². The highest BCUT2D eigenvalue weighted by atomic mass is 19.4. The normalized spacial score (nSPS) is 13.6. The van der Waals surface area contributed by atoms with Gasteiger partial charge in [0.25, 0.3) is 0 Å². The maximum absolute atomic E-state index is 12.5. The molecular formula is C14H20F3NO. The monoisotopic (exact) mass is 275 g/mol. The van der Waals surface area contributed by atoms with Gasteiger partial charge in [0.05, 0.1) is 5.56 Å². The van der Waals surface area contributed by atoms with Gasteiger partial charge in [0, 0.05) is 19.3 Å². The average Bonchev–Trinajstić information content (AvgIpc) is 2.33. The molecule has 0 spiro atoms. The molecule has 1 atom stereocenters. The van der Waals surface area contributed by atoms with E-state index in [1.165, 1.54) is 6.07 Å². The molecule has 0 aromatic heterocycles. The van der Waals surface area contributed by atoms with E-state index in [2.05, 4.69) is 0 Å². The number of ether oxygens (including phenoxy) is 1. The summed E-state index contributed by atoms with van der Waals surface area (Å²) in [5.74, 6) is 0. The molecule has 1 aromatic carbocycles. The molecule has 1 aromatic rings. The van der Waals surface area contributed by atoms with Crippen molar-refractivity contribution in [3.63, 3.8) is 0 Å². The van der Waals surface area contributed by atoms with E-state index in [1.54, 1.807) is 6.92 Å². The summed E-state index contributed by atoms with van der Waals surface area (Å²) in [6.45, 7) is 4.87. The summed E-state index contributed by atoms with van der Waals surface area (Å²) >= 11 is 0. The van der Waals surface area contributed by atoms with E-state index in [0.29, 0.717) is 25.2 Å². The second kappa shape index (κ2) is 6.91. The minimum Gasteiger partial charge on any atom is -0.381 e. The molecule has 0 heterocycles. The van der Waals surface area contributed by atoms with Gasteiger partial charge < -0.3 is 10.5 Å². The molecule has 5 heteroatoms. The largest absolute Gasteiger partial charge is 0.416 e. The predicted octanol–water partition coefficient (Wildman–Crippen LogP) is 3.83. The van der Waals surface area contributed by atoms with Crippen molar-refractivity contribution in [3.8, 4) is 0 Å². The first-order chi connectivity index (χ1) is 8.86. The summed E-state index contributed by atoms with van der Waals surface area (Å²) in [4.78, 5) is 0. The number of nitrogens with two attached hydrogens (primary N) is 1. The van der Waals surface area contributed by atoms with Crippen LogP contribution in [0.1, 0.15) is 42.5 Å². The molecule has 0 aliphatic carbocycles. The molecule has 108 valence electrons. The minimum atomic E-state index is -4.31. The molecule has 2 N–H and O–H groups in total. The lowest BCUT2D eigenvalue weighted by Gasteiger charge is -2.16. The van der Waals surface area contributed by atoms with E-state index in [9.17, 15) is 13.2 Å². The number of halogens is 3. The Bertz CT molecular complexity index is 404. The van der Waals surface area contributed by atoms with Crippen molar-refractivity contribution in [3.05, 3.63) is 34.9 Å². The fraction of sp³-hybridized carbons (Fsp3) is 0.571. The number of hydrogen-bond acceptors (Lipinski definition) is 2. The smallest absolute Gasteiger partial charge is 0.381 e. The number of aryl methyl sites for hydroxylation is 1. The number of benzene rings is 1. The standard InChI is InChI=1S/C14H20F3NO/c1-3-7-19-8-6-13(18)12-5-4-11(9-10(12)2)14(15,16)17/h4-5,9,13H,3,6-8,18H2,1-2H3. The zero-order chi connectivity index (χ0) is 14.5. The van der Waals surface area contributed by atoms with Crippen molar-refractivity contribution < 1.29 is 17.9 Å². The molecule has 0 saturated carbocycles. The van der Waals surface area contributed by atoms with Gasteiger partial charge in [-0.15, -0.1) is 0 Å².